The summed E-state index contributed by atoms with van der Waals surface area (Å²) in [7, 11) is 5.58. The van der Waals surface area contributed by atoms with Gasteiger partial charge in [-0.25, -0.2) is 0 Å². The van der Waals surface area contributed by atoms with Crippen LogP contribution in [0.25, 0.3) is 0 Å². The maximum absolute atomic E-state index is 11.5. The molecule has 0 unspecified atom stereocenters. The molecule has 0 saturated heterocycles. The second-order valence-corrected chi connectivity index (χ2v) is 7.38. The smallest absolute Gasteiger partial charge is 0.300 e. The Hall–Kier alpha value is -2.16. The molecule has 0 saturated carbocycles. The van der Waals surface area contributed by atoms with Crippen molar-refractivity contribution in [2.45, 2.75) is 79.2 Å². The van der Waals surface area contributed by atoms with Crippen molar-refractivity contribution in [3.63, 3.8) is 0 Å². The van der Waals surface area contributed by atoms with Crippen LogP contribution in [0.3, 0.4) is 0 Å². The monoisotopic (exact) mass is 446 g/mol. The number of carbonyl (C=O) groups excluding carboxylic acids is 3. The lowest BCUT2D eigenvalue weighted by Crippen LogP contribution is -2.35. The van der Waals surface area contributed by atoms with E-state index in [1.165, 1.54) is 0 Å². The van der Waals surface area contributed by atoms with Gasteiger partial charge in [0.1, 0.15) is 0 Å². The van der Waals surface area contributed by atoms with Gasteiger partial charge >= 0.3 is 0 Å². The van der Waals surface area contributed by atoms with Crippen LogP contribution >= 0.6 is 0 Å². The van der Waals surface area contributed by atoms with Crippen molar-refractivity contribution in [1.82, 2.24) is 20.9 Å². The summed E-state index contributed by atoms with van der Waals surface area (Å²) in [5, 5.41) is 15.7. The van der Waals surface area contributed by atoms with Gasteiger partial charge < -0.3 is 26.0 Å². The molecule has 9 nitrogen and oxygen atoms in total. The fraction of sp³-hybridized carbons (Fsp3) is 0.818. The van der Waals surface area contributed by atoms with E-state index in [1.807, 2.05) is 27.9 Å². The Balaban J connectivity index is -0.000000432. The summed E-state index contributed by atoms with van der Waals surface area (Å²) >= 11 is 0. The van der Waals surface area contributed by atoms with Crippen molar-refractivity contribution in [2.24, 2.45) is 5.92 Å². The molecular formula is C22H46N4O5. The highest BCUT2D eigenvalue weighted by Crippen LogP contribution is 2.06. The first-order valence-electron chi connectivity index (χ1n) is 11.1. The van der Waals surface area contributed by atoms with E-state index in [0.717, 1.165) is 45.7 Å². The normalized spacial score (nSPS) is 9.90. The standard InChI is InChI=1S/C10H20N2O2.C10H22N2O.C2H4O2/c1-4-8(5-2)12-10(14)7-6-9(13)11-3;1-5-9(6-2)10(13)11-7-8-12(3)4;1-2(3)4/h8H,4-7H2,1-3H3,(H,11,13)(H,12,14);9H,5-8H2,1-4H3,(H,11,13);1H3,(H,3,4). The van der Waals surface area contributed by atoms with Crippen molar-refractivity contribution in [3.8, 4) is 0 Å². The van der Waals surface area contributed by atoms with Crippen molar-refractivity contribution in [3.05, 3.63) is 0 Å². The fourth-order valence-corrected chi connectivity index (χ4v) is 2.35. The zero-order valence-corrected chi connectivity index (χ0v) is 20.8. The van der Waals surface area contributed by atoms with Gasteiger partial charge in [0.2, 0.25) is 17.7 Å². The van der Waals surface area contributed by atoms with Crippen molar-refractivity contribution in [1.29, 1.82) is 0 Å². The first-order valence-corrected chi connectivity index (χ1v) is 11.1. The van der Waals surface area contributed by atoms with Crippen LogP contribution in [0.1, 0.15) is 73.1 Å². The maximum atomic E-state index is 11.5. The minimum atomic E-state index is -0.833. The number of rotatable bonds is 12. The number of amides is 3. The Kier molecular flexibility index (Phi) is 24.3. The Morgan fingerprint density at radius 2 is 1.32 bits per heavy atom. The van der Waals surface area contributed by atoms with E-state index < -0.39 is 5.97 Å². The molecule has 0 bridgehead atoms. The number of hydrogen-bond donors (Lipinski definition) is 4. The van der Waals surface area contributed by atoms with Gasteiger partial charge in [0.05, 0.1) is 0 Å². The molecule has 0 aliphatic carbocycles. The second kappa shape index (κ2) is 22.5. The van der Waals surface area contributed by atoms with Crippen LogP contribution in [0.2, 0.25) is 0 Å². The molecule has 3 amide bonds. The number of aliphatic carboxylic acids is 1. The Labute approximate surface area is 188 Å². The number of likely N-dealkylation sites (N-methyl/N-ethyl adjacent to an activating group) is 1. The minimum absolute atomic E-state index is 0.0395. The van der Waals surface area contributed by atoms with Gasteiger partial charge in [-0.1, -0.05) is 27.7 Å². The largest absolute Gasteiger partial charge is 0.481 e. The molecule has 0 aromatic heterocycles. The lowest BCUT2D eigenvalue weighted by atomic mass is 10.0. The lowest BCUT2D eigenvalue weighted by molar-refractivity contribution is -0.134. The number of carbonyl (C=O) groups is 4. The SMILES string of the molecule is CC(=O)O.CCC(CC)C(=O)NCCN(C)C.CCC(CC)NC(=O)CCC(=O)NC. The predicted octanol–water partition coefficient (Wildman–Crippen LogP) is 2.01. The summed E-state index contributed by atoms with van der Waals surface area (Å²) in [4.78, 5) is 44.7. The highest BCUT2D eigenvalue weighted by atomic mass is 16.4. The molecule has 0 rings (SSSR count). The summed E-state index contributed by atoms with van der Waals surface area (Å²) in [6, 6.07) is 0.243. The lowest BCUT2D eigenvalue weighted by Gasteiger charge is -2.14. The average molecular weight is 447 g/mol. The molecule has 0 aromatic carbocycles. The number of carboxylic acids is 1. The summed E-state index contributed by atoms with van der Waals surface area (Å²) in [5.41, 5.74) is 0. The molecule has 0 radical (unpaired) electrons. The van der Waals surface area contributed by atoms with Crippen LogP contribution in [0.5, 0.6) is 0 Å². The van der Waals surface area contributed by atoms with E-state index in [1.54, 1.807) is 7.05 Å². The number of carboxylic acid groups (broad SMARTS) is 1. The third-order valence-electron chi connectivity index (χ3n) is 4.42. The van der Waals surface area contributed by atoms with E-state index in [9.17, 15) is 14.4 Å². The highest BCUT2D eigenvalue weighted by Gasteiger charge is 2.12. The van der Waals surface area contributed by atoms with Gasteiger partial charge in [0, 0.05) is 51.9 Å². The number of hydrogen-bond acceptors (Lipinski definition) is 5. The Morgan fingerprint density at radius 3 is 1.68 bits per heavy atom. The molecule has 0 spiro atoms. The van der Waals surface area contributed by atoms with Crippen molar-refractivity contribution in [2.75, 3.05) is 34.2 Å². The van der Waals surface area contributed by atoms with Gasteiger partial charge in [-0.3, -0.25) is 19.2 Å². The summed E-state index contributed by atoms with van der Waals surface area (Å²) in [6.07, 6.45) is 4.28. The molecule has 0 heterocycles. The van der Waals surface area contributed by atoms with Crippen LogP contribution in [0.4, 0.5) is 0 Å². The third kappa shape index (κ3) is 25.8. The maximum Gasteiger partial charge on any atom is 0.300 e. The molecule has 0 aliphatic heterocycles. The van der Waals surface area contributed by atoms with Crippen LogP contribution in [-0.4, -0.2) is 74.0 Å². The van der Waals surface area contributed by atoms with Crippen molar-refractivity contribution >= 4 is 23.7 Å². The summed E-state index contributed by atoms with van der Waals surface area (Å²) < 4.78 is 0. The zero-order valence-electron chi connectivity index (χ0n) is 20.8. The van der Waals surface area contributed by atoms with E-state index in [2.05, 4.69) is 34.7 Å². The molecule has 0 aromatic rings. The van der Waals surface area contributed by atoms with Gasteiger partial charge in [-0.2, -0.15) is 0 Å². The average Bonchev–Trinajstić information content (AvgIpc) is 2.70. The van der Waals surface area contributed by atoms with Crippen LogP contribution in [0, 0.1) is 5.92 Å². The van der Waals surface area contributed by atoms with Gasteiger partial charge in [0.15, 0.2) is 0 Å². The molecular weight excluding hydrogens is 400 g/mol. The minimum Gasteiger partial charge on any atom is -0.481 e. The fourth-order valence-electron chi connectivity index (χ4n) is 2.35. The van der Waals surface area contributed by atoms with Crippen LogP contribution < -0.4 is 16.0 Å². The molecule has 31 heavy (non-hydrogen) atoms. The van der Waals surface area contributed by atoms with E-state index in [-0.39, 0.29) is 42.5 Å². The van der Waals surface area contributed by atoms with E-state index in [4.69, 9.17) is 9.90 Å². The van der Waals surface area contributed by atoms with E-state index in [0.29, 0.717) is 0 Å². The Bertz CT molecular complexity index is 486. The third-order valence-corrected chi connectivity index (χ3v) is 4.42. The number of nitrogens with zero attached hydrogens (tertiary/aromatic N) is 1. The molecule has 0 atom stereocenters. The van der Waals surface area contributed by atoms with Gasteiger partial charge in [-0.15, -0.1) is 0 Å². The second-order valence-electron chi connectivity index (χ2n) is 7.38. The number of nitrogens with one attached hydrogen (secondary N) is 3. The van der Waals surface area contributed by atoms with Crippen LogP contribution in [-0.2, 0) is 19.2 Å². The molecule has 184 valence electrons. The Morgan fingerprint density at radius 1 is 0.871 bits per heavy atom. The zero-order chi connectivity index (χ0) is 24.8. The topological polar surface area (TPSA) is 128 Å². The van der Waals surface area contributed by atoms with Gasteiger partial charge in [0.25, 0.3) is 5.97 Å². The van der Waals surface area contributed by atoms with Crippen molar-refractivity contribution < 1.29 is 24.3 Å². The molecule has 0 fully saturated rings. The summed E-state index contributed by atoms with van der Waals surface area (Å²) in [6.45, 7) is 10.9. The molecule has 4 N–H and O–H groups in total. The predicted molar refractivity (Wildman–Crippen MR) is 125 cm³/mol. The molecule has 0 aliphatic rings. The highest BCUT2D eigenvalue weighted by molar-refractivity contribution is 5.83. The van der Waals surface area contributed by atoms with E-state index >= 15 is 0 Å². The summed E-state index contributed by atoms with van der Waals surface area (Å²) in [5.74, 6) is -0.569. The molecule has 9 heteroatoms. The van der Waals surface area contributed by atoms with Gasteiger partial charge in [-0.05, 0) is 39.8 Å². The quantitative estimate of drug-likeness (QED) is 0.363. The van der Waals surface area contributed by atoms with Crippen LogP contribution in [0.15, 0.2) is 0 Å². The first-order chi connectivity index (χ1) is 14.5. The first kappa shape index (κ1) is 33.5.